The molecule has 0 spiro atoms. The van der Waals surface area contributed by atoms with Gasteiger partial charge in [0, 0.05) is 11.8 Å². The lowest BCUT2D eigenvalue weighted by Crippen LogP contribution is -2.40. The monoisotopic (exact) mass is 285 g/mol. The Kier molecular flexibility index (Phi) is 3.89. The van der Waals surface area contributed by atoms with Crippen LogP contribution >= 0.6 is 0 Å². The van der Waals surface area contributed by atoms with E-state index in [4.69, 9.17) is 5.73 Å². The Hall–Kier alpha value is -2.89. The number of hydrogen-bond acceptors (Lipinski definition) is 4. The minimum Gasteiger partial charge on any atom is -0.479 e. The zero-order valence-corrected chi connectivity index (χ0v) is 11.4. The molecule has 0 bridgehead atoms. The van der Waals surface area contributed by atoms with Gasteiger partial charge in [-0.25, -0.2) is 9.78 Å². The van der Waals surface area contributed by atoms with E-state index in [1.807, 2.05) is 0 Å². The van der Waals surface area contributed by atoms with E-state index in [1.165, 1.54) is 25.3 Å². The molecule has 0 radical (unpaired) electrons. The zero-order valence-electron chi connectivity index (χ0n) is 11.4. The highest BCUT2D eigenvalue weighted by molar-refractivity contribution is 5.93. The molecule has 108 valence electrons. The number of nitrogens with two attached hydrogens (primary N) is 1. The van der Waals surface area contributed by atoms with E-state index < -0.39 is 17.4 Å². The fourth-order valence-electron chi connectivity index (χ4n) is 1.93. The SMILES string of the molecule is CC(Nc1cc(C(N)=O)ccn1)(C(=O)O)c1ccccc1. The predicted octanol–water partition coefficient (Wildman–Crippen LogP) is 1.59. The summed E-state index contributed by atoms with van der Waals surface area (Å²) in [6, 6.07) is 11.6. The molecule has 2 rings (SSSR count). The normalized spacial score (nSPS) is 13.2. The van der Waals surface area contributed by atoms with E-state index in [1.54, 1.807) is 30.3 Å². The number of aromatic nitrogens is 1. The molecule has 0 aliphatic carbocycles. The fraction of sp³-hybridized carbons (Fsp3) is 0.133. The van der Waals surface area contributed by atoms with Gasteiger partial charge in [-0.15, -0.1) is 0 Å². The molecule has 2 aromatic rings. The van der Waals surface area contributed by atoms with Gasteiger partial charge in [-0.05, 0) is 24.6 Å². The molecule has 0 aliphatic heterocycles. The van der Waals surface area contributed by atoms with Crippen LogP contribution in [-0.4, -0.2) is 22.0 Å². The molecule has 1 aromatic heterocycles. The molecule has 1 amide bonds. The molecule has 0 saturated carbocycles. The van der Waals surface area contributed by atoms with E-state index in [2.05, 4.69) is 10.3 Å². The number of amides is 1. The van der Waals surface area contributed by atoms with Gasteiger partial charge in [0.1, 0.15) is 5.82 Å². The maximum absolute atomic E-state index is 11.7. The topological polar surface area (TPSA) is 105 Å². The van der Waals surface area contributed by atoms with Crippen molar-refractivity contribution in [1.82, 2.24) is 4.98 Å². The molecule has 6 nitrogen and oxygen atoms in total. The van der Waals surface area contributed by atoms with Crippen molar-refractivity contribution >= 4 is 17.7 Å². The van der Waals surface area contributed by atoms with Gasteiger partial charge in [-0.1, -0.05) is 30.3 Å². The number of carboxylic acids is 1. The summed E-state index contributed by atoms with van der Waals surface area (Å²) in [4.78, 5) is 26.9. The van der Waals surface area contributed by atoms with E-state index in [-0.39, 0.29) is 11.4 Å². The smallest absolute Gasteiger partial charge is 0.333 e. The van der Waals surface area contributed by atoms with Gasteiger partial charge in [0.05, 0.1) is 0 Å². The molecule has 0 saturated heterocycles. The highest BCUT2D eigenvalue weighted by Gasteiger charge is 2.35. The van der Waals surface area contributed by atoms with Crippen LogP contribution in [0.4, 0.5) is 5.82 Å². The Bertz CT molecular complexity index is 673. The predicted molar refractivity (Wildman–Crippen MR) is 77.8 cm³/mol. The zero-order chi connectivity index (χ0) is 15.5. The minimum atomic E-state index is -1.37. The second kappa shape index (κ2) is 5.62. The quantitative estimate of drug-likeness (QED) is 0.773. The number of carbonyl (C=O) groups is 2. The number of nitrogens with zero attached hydrogens (tertiary/aromatic N) is 1. The van der Waals surface area contributed by atoms with Crippen LogP contribution in [0.1, 0.15) is 22.8 Å². The van der Waals surface area contributed by atoms with Crippen LogP contribution in [0.15, 0.2) is 48.7 Å². The Labute approximate surface area is 121 Å². The van der Waals surface area contributed by atoms with Crippen molar-refractivity contribution < 1.29 is 14.7 Å². The number of hydrogen-bond donors (Lipinski definition) is 3. The Balaban J connectivity index is 2.40. The second-order valence-electron chi connectivity index (χ2n) is 4.72. The van der Waals surface area contributed by atoms with Crippen molar-refractivity contribution in [2.24, 2.45) is 5.73 Å². The number of nitrogens with one attached hydrogen (secondary N) is 1. The summed E-state index contributed by atoms with van der Waals surface area (Å²) < 4.78 is 0. The lowest BCUT2D eigenvalue weighted by molar-refractivity contribution is -0.142. The number of rotatable bonds is 5. The molecule has 1 unspecified atom stereocenters. The summed E-state index contributed by atoms with van der Waals surface area (Å²) in [6.07, 6.45) is 1.40. The van der Waals surface area contributed by atoms with Crippen LogP contribution in [0.2, 0.25) is 0 Å². The van der Waals surface area contributed by atoms with Crippen LogP contribution in [0.5, 0.6) is 0 Å². The molecular weight excluding hydrogens is 270 g/mol. The Morgan fingerprint density at radius 2 is 1.90 bits per heavy atom. The number of aliphatic carboxylic acids is 1. The molecule has 0 aliphatic rings. The molecule has 1 heterocycles. The number of primary amides is 1. The highest BCUT2D eigenvalue weighted by atomic mass is 16.4. The first kappa shape index (κ1) is 14.5. The molecule has 6 heteroatoms. The summed E-state index contributed by atoms with van der Waals surface area (Å²) in [5, 5.41) is 12.4. The first-order valence-electron chi connectivity index (χ1n) is 6.26. The maximum atomic E-state index is 11.7. The largest absolute Gasteiger partial charge is 0.479 e. The number of benzene rings is 1. The average molecular weight is 285 g/mol. The number of anilines is 1. The standard InChI is InChI=1S/C15H15N3O3/c1-15(14(20)21,11-5-3-2-4-6-11)18-12-9-10(13(16)19)7-8-17-12/h2-9H,1H3,(H2,16,19)(H,17,18)(H,20,21). The van der Waals surface area contributed by atoms with Crippen molar-refractivity contribution in [1.29, 1.82) is 0 Å². The van der Waals surface area contributed by atoms with Gasteiger partial charge >= 0.3 is 5.97 Å². The minimum absolute atomic E-state index is 0.258. The van der Waals surface area contributed by atoms with Crippen molar-refractivity contribution in [2.75, 3.05) is 5.32 Å². The number of pyridine rings is 1. The van der Waals surface area contributed by atoms with Crippen molar-refractivity contribution in [3.8, 4) is 0 Å². The van der Waals surface area contributed by atoms with E-state index in [9.17, 15) is 14.7 Å². The summed E-state index contributed by atoms with van der Waals surface area (Å²) in [6.45, 7) is 1.53. The van der Waals surface area contributed by atoms with Gasteiger partial charge in [-0.2, -0.15) is 0 Å². The highest BCUT2D eigenvalue weighted by Crippen LogP contribution is 2.25. The third kappa shape index (κ3) is 3.00. The average Bonchev–Trinajstić information content (AvgIpc) is 2.48. The van der Waals surface area contributed by atoms with Crippen molar-refractivity contribution in [2.45, 2.75) is 12.5 Å². The third-order valence-corrected chi connectivity index (χ3v) is 3.20. The Morgan fingerprint density at radius 1 is 1.24 bits per heavy atom. The molecular formula is C15H15N3O3. The van der Waals surface area contributed by atoms with Gasteiger partial charge < -0.3 is 16.2 Å². The van der Waals surface area contributed by atoms with Crippen LogP contribution in [0.3, 0.4) is 0 Å². The molecule has 4 N–H and O–H groups in total. The van der Waals surface area contributed by atoms with Crippen LogP contribution in [-0.2, 0) is 10.3 Å². The summed E-state index contributed by atoms with van der Waals surface area (Å²) in [7, 11) is 0. The second-order valence-corrected chi connectivity index (χ2v) is 4.72. The van der Waals surface area contributed by atoms with Crippen LogP contribution in [0.25, 0.3) is 0 Å². The Morgan fingerprint density at radius 3 is 2.48 bits per heavy atom. The fourth-order valence-corrected chi connectivity index (χ4v) is 1.93. The number of carbonyl (C=O) groups excluding carboxylic acids is 1. The van der Waals surface area contributed by atoms with E-state index in [0.717, 1.165) is 0 Å². The summed E-state index contributed by atoms with van der Waals surface area (Å²) in [5.74, 6) is -1.39. The van der Waals surface area contributed by atoms with Crippen LogP contribution < -0.4 is 11.1 Å². The van der Waals surface area contributed by atoms with E-state index >= 15 is 0 Å². The molecule has 1 atom stereocenters. The van der Waals surface area contributed by atoms with Gasteiger partial charge in [0.2, 0.25) is 5.91 Å². The van der Waals surface area contributed by atoms with E-state index in [0.29, 0.717) is 5.56 Å². The van der Waals surface area contributed by atoms with Crippen LogP contribution in [0, 0.1) is 0 Å². The van der Waals surface area contributed by atoms with Gasteiger partial charge in [0.15, 0.2) is 5.54 Å². The first-order valence-corrected chi connectivity index (χ1v) is 6.26. The third-order valence-electron chi connectivity index (χ3n) is 3.20. The molecule has 0 fully saturated rings. The number of carboxylic acid groups (broad SMARTS) is 1. The summed E-state index contributed by atoms with van der Waals surface area (Å²) >= 11 is 0. The van der Waals surface area contributed by atoms with Gasteiger partial charge in [0.25, 0.3) is 0 Å². The lowest BCUT2D eigenvalue weighted by Gasteiger charge is -2.27. The lowest BCUT2D eigenvalue weighted by atomic mass is 9.92. The first-order chi connectivity index (χ1) is 9.93. The maximum Gasteiger partial charge on any atom is 0.333 e. The van der Waals surface area contributed by atoms with Crippen molar-refractivity contribution in [3.05, 3.63) is 59.8 Å². The van der Waals surface area contributed by atoms with Gasteiger partial charge in [-0.3, -0.25) is 4.79 Å². The molecule has 1 aromatic carbocycles. The summed E-state index contributed by atoms with van der Waals surface area (Å²) in [5.41, 5.74) is 4.67. The molecule has 21 heavy (non-hydrogen) atoms. The van der Waals surface area contributed by atoms with Crippen molar-refractivity contribution in [3.63, 3.8) is 0 Å².